The summed E-state index contributed by atoms with van der Waals surface area (Å²) in [5.74, 6) is 1.67. The van der Waals surface area contributed by atoms with Crippen molar-refractivity contribution in [2.75, 3.05) is 45.3 Å². The summed E-state index contributed by atoms with van der Waals surface area (Å²) in [5.41, 5.74) is 3.14. The molecule has 1 aromatic heterocycles. The third-order valence-corrected chi connectivity index (χ3v) is 5.83. The molecule has 0 saturated carbocycles. The van der Waals surface area contributed by atoms with Crippen molar-refractivity contribution in [2.45, 2.75) is 19.1 Å². The molecule has 0 radical (unpaired) electrons. The van der Waals surface area contributed by atoms with Gasteiger partial charge < -0.3 is 24.5 Å². The molecule has 2 N–H and O–H groups in total. The predicted octanol–water partition coefficient (Wildman–Crippen LogP) is 3.43. The highest BCUT2D eigenvalue weighted by Gasteiger charge is 2.26. The molecule has 154 valence electrons. The van der Waals surface area contributed by atoms with Crippen LogP contribution < -0.4 is 14.4 Å². The number of ether oxygens (including phenoxy) is 2. The average Bonchev–Trinajstić information content (AvgIpc) is 3.17. The van der Waals surface area contributed by atoms with Gasteiger partial charge in [-0.15, -0.1) is 0 Å². The van der Waals surface area contributed by atoms with Gasteiger partial charge in [-0.2, -0.15) is 0 Å². The van der Waals surface area contributed by atoms with Gasteiger partial charge in [-0.1, -0.05) is 0 Å². The second kappa shape index (κ2) is 8.35. The predicted molar refractivity (Wildman–Crippen MR) is 116 cm³/mol. The molecule has 0 amide bonds. The number of aromatic nitrogens is 1. The number of H-pyrrole nitrogens is 1. The summed E-state index contributed by atoms with van der Waals surface area (Å²) >= 11 is 0. The molecule has 1 aliphatic heterocycles. The SMILES string of the molecule is COc1ccc(N2CCN(C[C@H](O)c3c[nH]c4ccc(OC)cc34)C[C@H]2C)cc1. The van der Waals surface area contributed by atoms with E-state index in [9.17, 15) is 5.11 Å². The standard InChI is InChI=1S/C23H29N3O3/c1-16-14-25(10-11-26(16)17-4-6-18(28-2)7-5-17)15-23(27)21-13-24-22-9-8-19(29-3)12-20(21)22/h4-9,12-13,16,23-24,27H,10-11,14-15H2,1-3H3/t16-,23+/m1/s1. The van der Waals surface area contributed by atoms with E-state index in [1.54, 1.807) is 14.2 Å². The van der Waals surface area contributed by atoms with Gasteiger partial charge in [0.1, 0.15) is 11.5 Å². The number of hydrogen-bond donors (Lipinski definition) is 2. The highest BCUT2D eigenvalue weighted by Crippen LogP contribution is 2.29. The molecule has 2 atom stereocenters. The number of aromatic amines is 1. The van der Waals surface area contributed by atoms with Crippen LogP contribution in [0.5, 0.6) is 11.5 Å². The number of nitrogens with zero attached hydrogens (tertiary/aromatic N) is 2. The first-order valence-electron chi connectivity index (χ1n) is 10.0. The van der Waals surface area contributed by atoms with Gasteiger partial charge in [0.25, 0.3) is 0 Å². The summed E-state index contributed by atoms with van der Waals surface area (Å²) in [6.45, 7) is 5.61. The van der Waals surface area contributed by atoms with Crippen molar-refractivity contribution >= 4 is 16.6 Å². The number of anilines is 1. The maximum atomic E-state index is 10.9. The van der Waals surface area contributed by atoms with E-state index in [1.165, 1.54) is 5.69 Å². The minimum atomic E-state index is -0.546. The lowest BCUT2D eigenvalue weighted by Gasteiger charge is -2.42. The Balaban J connectivity index is 1.42. The summed E-state index contributed by atoms with van der Waals surface area (Å²) in [7, 11) is 3.35. The van der Waals surface area contributed by atoms with Crippen molar-refractivity contribution in [1.82, 2.24) is 9.88 Å². The normalized spacial score (nSPS) is 18.8. The van der Waals surface area contributed by atoms with E-state index in [1.807, 2.05) is 36.5 Å². The zero-order valence-electron chi connectivity index (χ0n) is 17.3. The Labute approximate surface area is 171 Å². The smallest absolute Gasteiger partial charge is 0.119 e. The zero-order chi connectivity index (χ0) is 20.4. The van der Waals surface area contributed by atoms with Crippen LogP contribution in [-0.4, -0.2) is 61.4 Å². The summed E-state index contributed by atoms with van der Waals surface area (Å²) in [5, 5.41) is 11.9. The maximum absolute atomic E-state index is 10.9. The van der Waals surface area contributed by atoms with Crippen LogP contribution in [0.2, 0.25) is 0 Å². The van der Waals surface area contributed by atoms with Gasteiger partial charge in [-0.05, 0) is 49.4 Å². The maximum Gasteiger partial charge on any atom is 0.119 e. The number of methoxy groups -OCH3 is 2. The Bertz CT molecular complexity index is 954. The lowest BCUT2D eigenvalue weighted by molar-refractivity contribution is 0.103. The van der Waals surface area contributed by atoms with Crippen LogP contribution in [0, 0.1) is 0 Å². The van der Waals surface area contributed by atoms with E-state index in [0.29, 0.717) is 12.6 Å². The quantitative estimate of drug-likeness (QED) is 0.670. The first-order chi connectivity index (χ1) is 14.1. The Hall–Kier alpha value is -2.70. The lowest BCUT2D eigenvalue weighted by atomic mass is 10.1. The molecule has 29 heavy (non-hydrogen) atoms. The highest BCUT2D eigenvalue weighted by molar-refractivity contribution is 5.85. The Kier molecular flexibility index (Phi) is 5.65. The fraction of sp³-hybridized carbons (Fsp3) is 0.391. The molecular weight excluding hydrogens is 366 g/mol. The molecule has 2 heterocycles. The molecule has 0 unspecified atom stereocenters. The van der Waals surface area contributed by atoms with Gasteiger partial charge in [0.15, 0.2) is 0 Å². The molecule has 2 aromatic carbocycles. The van der Waals surface area contributed by atoms with Crippen molar-refractivity contribution in [3.8, 4) is 11.5 Å². The molecule has 1 saturated heterocycles. The van der Waals surface area contributed by atoms with E-state index in [-0.39, 0.29) is 0 Å². The van der Waals surface area contributed by atoms with E-state index in [2.05, 4.69) is 33.8 Å². The Morgan fingerprint density at radius 2 is 1.79 bits per heavy atom. The van der Waals surface area contributed by atoms with E-state index >= 15 is 0 Å². The number of aliphatic hydroxyl groups is 1. The van der Waals surface area contributed by atoms with Crippen LogP contribution in [0.15, 0.2) is 48.7 Å². The van der Waals surface area contributed by atoms with Crippen LogP contribution in [0.1, 0.15) is 18.6 Å². The Morgan fingerprint density at radius 3 is 2.48 bits per heavy atom. The topological polar surface area (TPSA) is 61.0 Å². The second-order valence-corrected chi connectivity index (χ2v) is 7.67. The van der Waals surface area contributed by atoms with Crippen LogP contribution in [0.3, 0.4) is 0 Å². The van der Waals surface area contributed by atoms with Crippen molar-refractivity contribution in [1.29, 1.82) is 0 Å². The average molecular weight is 396 g/mol. The molecule has 0 aliphatic carbocycles. The highest BCUT2D eigenvalue weighted by atomic mass is 16.5. The van der Waals surface area contributed by atoms with Crippen LogP contribution in [0.25, 0.3) is 10.9 Å². The number of β-amino-alcohol motifs (C(OH)–C–C–N with tert-alkyl or cyclic N) is 1. The number of aliphatic hydroxyl groups excluding tert-OH is 1. The number of nitrogens with one attached hydrogen (secondary N) is 1. The zero-order valence-corrected chi connectivity index (χ0v) is 17.3. The second-order valence-electron chi connectivity index (χ2n) is 7.67. The van der Waals surface area contributed by atoms with Gasteiger partial charge >= 0.3 is 0 Å². The Morgan fingerprint density at radius 1 is 1.07 bits per heavy atom. The number of fused-ring (bicyclic) bond motifs is 1. The number of hydrogen-bond acceptors (Lipinski definition) is 5. The van der Waals surface area contributed by atoms with Gasteiger partial charge in [-0.25, -0.2) is 0 Å². The van der Waals surface area contributed by atoms with Crippen molar-refractivity contribution in [3.05, 3.63) is 54.2 Å². The summed E-state index contributed by atoms with van der Waals surface area (Å²) < 4.78 is 10.6. The van der Waals surface area contributed by atoms with Gasteiger partial charge in [-0.3, -0.25) is 4.90 Å². The lowest BCUT2D eigenvalue weighted by Crippen LogP contribution is -2.52. The fourth-order valence-corrected chi connectivity index (χ4v) is 4.22. The molecular formula is C23H29N3O3. The third-order valence-electron chi connectivity index (χ3n) is 5.83. The molecule has 0 spiro atoms. The van der Waals surface area contributed by atoms with Crippen molar-refractivity contribution in [2.24, 2.45) is 0 Å². The first kappa shape index (κ1) is 19.6. The van der Waals surface area contributed by atoms with Crippen LogP contribution >= 0.6 is 0 Å². The van der Waals surface area contributed by atoms with E-state index in [4.69, 9.17) is 9.47 Å². The molecule has 4 rings (SSSR count). The van der Waals surface area contributed by atoms with Gasteiger partial charge in [0, 0.05) is 60.6 Å². The molecule has 1 fully saturated rings. The van der Waals surface area contributed by atoms with Gasteiger partial charge in [0.2, 0.25) is 0 Å². The van der Waals surface area contributed by atoms with Crippen LogP contribution in [0.4, 0.5) is 5.69 Å². The minimum absolute atomic E-state index is 0.368. The molecule has 0 bridgehead atoms. The molecule has 6 nitrogen and oxygen atoms in total. The van der Waals surface area contributed by atoms with E-state index in [0.717, 1.165) is 47.6 Å². The van der Waals surface area contributed by atoms with Crippen molar-refractivity contribution in [3.63, 3.8) is 0 Å². The van der Waals surface area contributed by atoms with E-state index < -0.39 is 6.10 Å². The summed E-state index contributed by atoms with van der Waals surface area (Å²) in [6, 6.07) is 14.5. The largest absolute Gasteiger partial charge is 0.497 e. The van der Waals surface area contributed by atoms with Crippen LogP contribution in [-0.2, 0) is 0 Å². The number of piperazine rings is 1. The monoisotopic (exact) mass is 395 g/mol. The first-order valence-corrected chi connectivity index (χ1v) is 10.0. The van der Waals surface area contributed by atoms with Crippen molar-refractivity contribution < 1.29 is 14.6 Å². The summed E-state index contributed by atoms with van der Waals surface area (Å²) in [6.07, 6.45) is 1.36. The number of rotatable bonds is 6. The molecule has 3 aromatic rings. The number of benzene rings is 2. The van der Waals surface area contributed by atoms with Gasteiger partial charge in [0.05, 0.1) is 20.3 Å². The fourth-order valence-electron chi connectivity index (χ4n) is 4.22. The third kappa shape index (κ3) is 4.04. The minimum Gasteiger partial charge on any atom is -0.497 e. The molecule has 1 aliphatic rings. The summed E-state index contributed by atoms with van der Waals surface area (Å²) in [4.78, 5) is 8.01. The molecule has 6 heteroatoms.